The Labute approximate surface area is 284 Å². The van der Waals surface area contributed by atoms with Gasteiger partial charge in [0.05, 0.1) is 65.9 Å². The smallest absolute Gasteiger partial charge is 0.251 e. The SMILES string of the molecule is Cc1c(Cl)cccc1OCCCC(=O)N1CCCOc2c(-c3cnn(Cc4c(F)cc(C(=O)NCC[N+](C)(C)C)cc4F)c3)cccc21. The summed E-state index contributed by atoms with van der Waals surface area (Å²) in [6.45, 7) is 4.05. The van der Waals surface area contributed by atoms with E-state index in [0.29, 0.717) is 83.5 Å². The number of nitrogens with one attached hydrogen (secondary N) is 1. The summed E-state index contributed by atoms with van der Waals surface area (Å²) in [7, 11) is 5.96. The molecule has 0 aliphatic carbocycles. The Bertz CT molecular complexity index is 1770. The zero-order chi connectivity index (χ0) is 34.4. The first-order chi connectivity index (χ1) is 22.9. The lowest BCUT2D eigenvalue weighted by Gasteiger charge is -2.23. The van der Waals surface area contributed by atoms with Gasteiger partial charge in [-0.3, -0.25) is 14.3 Å². The van der Waals surface area contributed by atoms with E-state index in [1.165, 1.54) is 4.68 Å². The number of benzene rings is 3. The third kappa shape index (κ3) is 8.51. The van der Waals surface area contributed by atoms with Crippen LogP contribution in [0, 0.1) is 18.6 Å². The van der Waals surface area contributed by atoms with Crippen molar-refractivity contribution >= 4 is 29.1 Å². The maximum absolute atomic E-state index is 15.1. The van der Waals surface area contributed by atoms with E-state index in [1.807, 2.05) is 64.5 Å². The number of carbonyl (C=O) groups excluding carboxylic acids is 2. The molecule has 0 saturated carbocycles. The van der Waals surface area contributed by atoms with Crippen LogP contribution in [0.15, 0.2) is 60.9 Å². The molecule has 2 heterocycles. The van der Waals surface area contributed by atoms with E-state index in [4.69, 9.17) is 21.1 Å². The Morgan fingerprint density at radius 2 is 1.85 bits per heavy atom. The van der Waals surface area contributed by atoms with Gasteiger partial charge in [-0.05, 0) is 50.1 Å². The summed E-state index contributed by atoms with van der Waals surface area (Å²) in [6, 6.07) is 13.1. The van der Waals surface area contributed by atoms with Gasteiger partial charge in [-0.25, -0.2) is 8.78 Å². The van der Waals surface area contributed by atoms with E-state index < -0.39 is 17.5 Å². The fourth-order valence-corrected chi connectivity index (χ4v) is 5.59. The molecule has 0 spiro atoms. The second-order valence-corrected chi connectivity index (χ2v) is 13.2. The number of quaternary nitrogens is 1. The average Bonchev–Trinajstić information content (AvgIpc) is 3.39. The molecule has 3 aromatic carbocycles. The molecule has 9 nitrogen and oxygen atoms in total. The molecule has 1 aromatic heterocycles. The molecule has 0 atom stereocenters. The molecular weight excluding hydrogens is 640 g/mol. The van der Waals surface area contributed by atoms with Crippen LogP contribution in [0.4, 0.5) is 14.5 Å². The molecule has 254 valence electrons. The van der Waals surface area contributed by atoms with Gasteiger partial charge >= 0.3 is 0 Å². The van der Waals surface area contributed by atoms with Crippen molar-refractivity contribution in [2.45, 2.75) is 32.7 Å². The van der Waals surface area contributed by atoms with E-state index >= 15 is 8.78 Å². The summed E-state index contributed by atoms with van der Waals surface area (Å²) in [6.07, 6.45) is 4.74. The molecular formula is C36H41ClF2N5O4+. The number of amides is 2. The first-order valence-electron chi connectivity index (χ1n) is 15.9. The molecule has 5 rings (SSSR count). The minimum atomic E-state index is -0.831. The number of rotatable bonds is 12. The number of hydrogen-bond donors (Lipinski definition) is 1. The van der Waals surface area contributed by atoms with Gasteiger partial charge in [0.25, 0.3) is 5.91 Å². The molecule has 1 aliphatic heterocycles. The fraction of sp³-hybridized carbons (Fsp3) is 0.361. The van der Waals surface area contributed by atoms with Gasteiger partial charge in [-0.1, -0.05) is 29.8 Å². The third-order valence-electron chi connectivity index (χ3n) is 8.10. The van der Waals surface area contributed by atoms with Crippen LogP contribution in [0.3, 0.4) is 0 Å². The number of likely N-dealkylation sites (N-methyl/N-ethyl adjacent to an activating group) is 1. The normalized spacial score (nSPS) is 13.0. The van der Waals surface area contributed by atoms with Gasteiger partial charge in [0, 0.05) is 52.0 Å². The van der Waals surface area contributed by atoms with Crippen LogP contribution in [0.1, 0.15) is 40.7 Å². The van der Waals surface area contributed by atoms with E-state index in [2.05, 4.69) is 10.4 Å². The molecule has 48 heavy (non-hydrogen) atoms. The van der Waals surface area contributed by atoms with Crippen molar-refractivity contribution in [2.75, 3.05) is 58.9 Å². The molecule has 1 aliphatic rings. The van der Waals surface area contributed by atoms with Crippen LogP contribution in [0.2, 0.25) is 5.02 Å². The number of aromatic nitrogens is 2. The fourth-order valence-electron chi connectivity index (χ4n) is 5.42. The highest BCUT2D eigenvalue weighted by atomic mass is 35.5. The maximum atomic E-state index is 15.1. The molecule has 0 bridgehead atoms. The van der Waals surface area contributed by atoms with Crippen LogP contribution < -0.4 is 19.7 Å². The van der Waals surface area contributed by atoms with Crippen molar-refractivity contribution in [3.63, 3.8) is 0 Å². The Balaban J connectivity index is 1.26. The number of carbonyl (C=O) groups is 2. The second kappa shape index (κ2) is 15.2. The highest BCUT2D eigenvalue weighted by Gasteiger charge is 2.25. The minimum absolute atomic E-state index is 0.0440. The van der Waals surface area contributed by atoms with Gasteiger partial charge in [-0.15, -0.1) is 0 Å². The van der Waals surface area contributed by atoms with Crippen molar-refractivity contribution in [1.82, 2.24) is 15.1 Å². The molecule has 0 radical (unpaired) electrons. The first kappa shape index (κ1) is 34.8. The predicted molar refractivity (Wildman–Crippen MR) is 182 cm³/mol. The van der Waals surface area contributed by atoms with E-state index in [1.54, 1.807) is 17.3 Å². The van der Waals surface area contributed by atoms with Crippen molar-refractivity contribution < 1.29 is 32.3 Å². The number of ether oxygens (including phenoxy) is 2. The van der Waals surface area contributed by atoms with Crippen LogP contribution in [-0.2, 0) is 11.3 Å². The van der Waals surface area contributed by atoms with E-state index in [0.717, 1.165) is 17.7 Å². The average molecular weight is 681 g/mol. The predicted octanol–water partition coefficient (Wildman–Crippen LogP) is 6.25. The van der Waals surface area contributed by atoms with Gasteiger partial charge in [0.1, 0.15) is 17.4 Å². The lowest BCUT2D eigenvalue weighted by molar-refractivity contribution is -0.869. The largest absolute Gasteiger partial charge is 0.493 e. The molecule has 4 aromatic rings. The Morgan fingerprint density at radius 1 is 1.10 bits per heavy atom. The van der Waals surface area contributed by atoms with Crippen molar-refractivity contribution in [3.05, 3.63) is 94.3 Å². The number of halogens is 3. The van der Waals surface area contributed by atoms with E-state index in [-0.39, 0.29) is 30.0 Å². The third-order valence-corrected chi connectivity index (χ3v) is 8.51. The quantitative estimate of drug-likeness (QED) is 0.141. The van der Waals surface area contributed by atoms with Crippen LogP contribution in [0.25, 0.3) is 11.1 Å². The number of fused-ring (bicyclic) bond motifs is 1. The summed E-state index contributed by atoms with van der Waals surface area (Å²) in [5, 5.41) is 7.69. The van der Waals surface area contributed by atoms with Gasteiger partial charge in [0.15, 0.2) is 5.75 Å². The minimum Gasteiger partial charge on any atom is -0.493 e. The second-order valence-electron chi connectivity index (χ2n) is 12.8. The summed E-state index contributed by atoms with van der Waals surface area (Å²) < 4.78 is 44.3. The first-order valence-corrected chi connectivity index (χ1v) is 16.3. The molecule has 0 saturated heterocycles. The molecule has 12 heteroatoms. The Morgan fingerprint density at radius 3 is 2.60 bits per heavy atom. The lowest BCUT2D eigenvalue weighted by Crippen LogP contribution is -2.41. The van der Waals surface area contributed by atoms with Crippen molar-refractivity contribution in [1.29, 1.82) is 0 Å². The van der Waals surface area contributed by atoms with E-state index in [9.17, 15) is 9.59 Å². The number of nitrogens with zero attached hydrogens (tertiary/aromatic N) is 4. The van der Waals surface area contributed by atoms with Gasteiger partial charge < -0.3 is 24.2 Å². The zero-order valence-corrected chi connectivity index (χ0v) is 28.4. The van der Waals surface area contributed by atoms with Gasteiger partial charge in [0.2, 0.25) is 5.91 Å². The molecule has 0 fully saturated rings. The van der Waals surface area contributed by atoms with Crippen molar-refractivity contribution in [2.24, 2.45) is 0 Å². The van der Waals surface area contributed by atoms with Crippen LogP contribution in [0.5, 0.6) is 11.5 Å². The summed E-state index contributed by atoms with van der Waals surface area (Å²) in [5.74, 6) is -0.993. The zero-order valence-electron chi connectivity index (χ0n) is 27.7. The Hall–Kier alpha value is -4.48. The summed E-state index contributed by atoms with van der Waals surface area (Å²) >= 11 is 6.19. The number of hydrogen-bond acceptors (Lipinski definition) is 5. The maximum Gasteiger partial charge on any atom is 0.251 e. The van der Waals surface area contributed by atoms with Crippen molar-refractivity contribution in [3.8, 4) is 22.6 Å². The highest BCUT2D eigenvalue weighted by molar-refractivity contribution is 6.31. The standard InChI is InChI=1S/C36H40ClF2N5O4/c1-24-29(37)10-6-12-33(24)47-17-7-13-34(45)43-15-8-18-48-35-27(9-5-11-32(35)43)26-21-41-42(22-26)23-28-30(38)19-25(20-31(28)39)36(46)40-14-16-44(2,3)4/h5-6,9-12,19-22H,7-8,13-18,23H2,1-4H3/p+1. The highest BCUT2D eigenvalue weighted by Crippen LogP contribution is 2.40. The number of anilines is 1. The summed E-state index contributed by atoms with van der Waals surface area (Å²) in [4.78, 5) is 27.6. The number of para-hydroxylation sites is 1. The lowest BCUT2D eigenvalue weighted by atomic mass is 10.1. The van der Waals surface area contributed by atoms with Crippen LogP contribution in [-0.4, -0.2) is 80.1 Å². The monoisotopic (exact) mass is 680 g/mol. The van der Waals surface area contributed by atoms with Gasteiger partial charge in [-0.2, -0.15) is 5.10 Å². The summed E-state index contributed by atoms with van der Waals surface area (Å²) in [5.41, 5.74) is 2.60. The Kier molecular flexibility index (Phi) is 11.0. The molecule has 0 unspecified atom stereocenters. The van der Waals surface area contributed by atoms with Crippen LogP contribution >= 0.6 is 11.6 Å². The molecule has 2 amide bonds. The molecule has 1 N–H and O–H groups in total. The topological polar surface area (TPSA) is 85.7 Å².